The van der Waals surface area contributed by atoms with Crippen LogP contribution in [0, 0.1) is 0 Å². The molecule has 0 spiro atoms. The summed E-state index contributed by atoms with van der Waals surface area (Å²) >= 11 is 0. The van der Waals surface area contributed by atoms with Gasteiger partial charge in [-0.3, -0.25) is 0 Å². The lowest BCUT2D eigenvalue weighted by atomic mass is 9.75. The molecule has 0 radical (unpaired) electrons. The van der Waals surface area contributed by atoms with Crippen LogP contribution in [0.4, 0.5) is 24.5 Å². The molecule has 1 aromatic rings. The molecule has 9 heteroatoms. The van der Waals surface area contributed by atoms with Crippen LogP contribution in [0.25, 0.3) is 0 Å². The summed E-state index contributed by atoms with van der Waals surface area (Å²) in [6, 6.07) is 3.75. The van der Waals surface area contributed by atoms with Gasteiger partial charge in [0.1, 0.15) is 0 Å². The Morgan fingerprint density at radius 1 is 1.17 bits per heavy atom. The molecule has 94 valence electrons. The molecule has 2 aliphatic heterocycles. The lowest BCUT2D eigenvalue weighted by Gasteiger charge is -2.23. The van der Waals surface area contributed by atoms with Crippen LogP contribution < -0.4 is 10.5 Å². The van der Waals surface area contributed by atoms with Crippen molar-refractivity contribution >= 4 is 25.5 Å². The highest BCUT2D eigenvalue weighted by molar-refractivity contribution is 6.84. The number of halogens is 3. The SMILES string of the molecule is Nc1ccc(N(B2CO2)B2CO2)c(C(F)(F)F)c1. The molecule has 0 aromatic heterocycles. The summed E-state index contributed by atoms with van der Waals surface area (Å²) in [7, 11) is -0.663. The van der Waals surface area contributed by atoms with Gasteiger partial charge in [-0.05, 0) is 18.2 Å². The second-order valence-electron chi connectivity index (χ2n) is 4.26. The summed E-state index contributed by atoms with van der Waals surface area (Å²) in [5.41, 5.74) is 4.81. The minimum absolute atomic E-state index is 0.0571. The van der Waals surface area contributed by atoms with E-state index in [0.717, 1.165) is 6.07 Å². The fourth-order valence-corrected chi connectivity index (χ4v) is 1.91. The lowest BCUT2D eigenvalue weighted by molar-refractivity contribution is -0.136. The molecular weight excluding hydrogens is 247 g/mol. The number of anilines is 2. The van der Waals surface area contributed by atoms with Crippen molar-refractivity contribution < 1.29 is 22.5 Å². The van der Waals surface area contributed by atoms with Gasteiger partial charge in [0.15, 0.2) is 0 Å². The molecule has 0 amide bonds. The monoisotopic (exact) mass is 256 g/mol. The minimum atomic E-state index is -4.45. The van der Waals surface area contributed by atoms with Crippen molar-refractivity contribution in [2.24, 2.45) is 0 Å². The number of benzene rings is 1. The molecule has 2 N–H and O–H groups in total. The maximum absolute atomic E-state index is 13.0. The van der Waals surface area contributed by atoms with Crippen molar-refractivity contribution in [3.63, 3.8) is 0 Å². The number of hydrogen-bond acceptors (Lipinski definition) is 4. The summed E-state index contributed by atoms with van der Waals surface area (Å²) in [6.07, 6.45) is -4.45. The average Bonchev–Trinajstić information content (AvgIpc) is 3.11. The van der Waals surface area contributed by atoms with Crippen molar-refractivity contribution in [1.82, 2.24) is 0 Å². The smallest absolute Gasteiger partial charge is 0.418 e. The molecule has 2 heterocycles. The van der Waals surface area contributed by atoms with Gasteiger partial charge in [-0.1, -0.05) is 0 Å². The number of nitrogens with two attached hydrogens (primary N) is 1. The summed E-state index contributed by atoms with van der Waals surface area (Å²) in [4.78, 5) is 0. The Kier molecular flexibility index (Phi) is 2.49. The quantitative estimate of drug-likeness (QED) is 0.501. The number of alkyl halides is 3. The zero-order chi connectivity index (χ0) is 12.9. The topological polar surface area (TPSA) is 54.3 Å². The molecule has 2 aliphatic rings. The van der Waals surface area contributed by atoms with Crippen LogP contribution in [0.2, 0.25) is 0 Å². The Bertz CT molecular complexity index is 465. The van der Waals surface area contributed by atoms with E-state index in [9.17, 15) is 13.2 Å². The first-order chi connectivity index (χ1) is 8.47. The second-order valence-corrected chi connectivity index (χ2v) is 4.26. The van der Waals surface area contributed by atoms with Crippen LogP contribution in [0.1, 0.15) is 5.56 Å². The van der Waals surface area contributed by atoms with Crippen LogP contribution in [-0.2, 0) is 15.5 Å². The van der Waals surface area contributed by atoms with E-state index in [1.807, 2.05) is 0 Å². The molecule has 0 saturated carbocycles. The van der Waals surface area contributed by atoms with Gasteiger partial charge in [0.25, 0.3) is 0 Å². The summed E-state index contributed by atoms with van der Waals surface area (Å²) in [5.74, 6) is 0. The van der Waals surface area contributed by atoms with Gasteiger partial charge in [-0.25, -0.2) is 0 Å². The van der Waals surface area contributed by atoms with Crippen LogP contribution >= 0.6 is 0 Å². The minimum Gasteiger partial charge on any atom is -0.418 e. The van der Waals surface area contributed by atoms with Crippen molar-refractivity contribution in [2.45, 2.75) is 6.18 Å². The summed E-state index contributed by atoms with van der Waals surface area (Å²) in [6.45, 7) is 0.836. The third-order valence-corrected chi connectivity index (χ3v) is 2.86. The van der Waals surface area contributed by atoms with Gasteiger partial charge in [-0.2, -0.15) is 13.2 Å². The Hall–Kier alpha value is -1.34. The molecule has 2 saturated heterocycles. The van der Waals surface area contributed by atoms with Crippen LogP contribution in [0.5, 0.6) is 0 Å². The molecule has 0 atom stereocenters. The maximum Gasteiger partial charge on any atom is 0.429 e. The van der Waals surface area contributed by atoms with Crippen molar-refractivity contribution in [2.75, 3.05) is 23.5 Å². The molecule has 0 bridgehead atoms. The number of rotatable bonds is 3. The molecule has 3 rings (SSSR count). The first-order valence-corrected chi connectivity index (χ1v) is 5.45. The summed E-state index contributed by atoms with van der Waals surface area (Å²) < 4.78 is 50.6. The zero-order valence-corrected chi connectivity index (χ0v) is 9.28. The Morgan fingerprint density at radius 3 is 2.17 bits per heavy atom. The highest BCUT2D eigenvalue weighted by Crippen LogP contribution is 2.40. The van der Waals surface area contributed by atoms with Gasteiger partial charge < -0.3 is 19.8 Å². The van der Waals surface area contributed by atoms with Gasteiger partial charge in [0.05, 0.1) is 18.6 Å². The maximum atomic E-state index is 13.0. The third-order valence-electron chi connectivity index (χ3n) is 2.86. The molecule has 18 heavy (non-hydrogen) atoms. The van der Waals surface area contributed by atoms with Gasteiger partial charge >= 0.3 is 20.3 Å². The van der Waals surface area contributed by atoms with Gasteiger partial charge in [0.2, 0.25) is 0 Å². The molecule has 1 aromatic carbocycles. The molecular formula is C9H9B2F3N2O2. The predicted octanol–water partition coefficient (Wildman–Crippen LogP) is 1.21. The highest BCUT2D eigenvalue weighted by Gasteiger charge is 2.52. The van der Waals surface area contributed by atoms with Crippen molar-refractivity contribution in [3.05, 3.63) is 23.8 Å². The first kappa shape index (κ1) is 11.7. The highest BCUT2D eigenvalue weighted by atomic mass is 19.4. The van der Waals surface area contributed by atoms with Crippen molar-refractivity contribution in [3.8, 4) is 0 Å². The van der Waals surface area contributed by atoms with Gasteiger partial charge in [-0.15, -0.1) is 0 Å². The molecule has 0 aliphatic carbocycles. The standard InChI is InChI=1S/C9H9B2F3N2O2/c12-9(13,14)7-3-6(15)1-2-8(7)16(10-4-17-10)11-5-18-11/h1-3H,4-5,15H2. The number of nitrogen functional groups attached to an aromatic ring is 1. The predicted molar refractivity (Wildman–Crippen MR) is 61.7 cm³/mol. The van der Waals surface area contributed by atoms with E-state index >= 15 is 0 Å². The van der Waals surface area contributed by atoms with E-state index in [1.54, 1.807) is 0 Å². The molecule has 0 unspecified atom stereocenters. The van der Waals surface area contributed by atoms with E-state index in [0.29, 0.717) is 13.0 Å². The van der Waals surface area contributed by atoms with Crippen molar-refractivity contribution in [1.29, 1.82) is 0 Å². The third kappa shape index (κ3) is 2.15. The first-order valence-electron chi connectivity index (χ1n) is 5.45. The Morgan fingerprint density at radius 2 is 1.72 bits per heavy atom. The van der Waals surface area contributed by atoms with E-state index < -0.39 is 11.7 Å². The molecule has 4 nitrogen and oxygen atoms in total. The second kappa shape index (κ2) is 3.83. The largest absolute Gasteiger partial charge is 0.429 e. The molecule has 2 fully saturated rings. The zero-order valence-electron chi connectivity index (χ0n) is 9.28. The van der Waals surface area contributed by atoms with Crippen LogP contribution in [0.15, 0.2) is 18.2 Å². The van der Waals surface area contributed by atoms with E-state index in [4.69, 9.17) is 15.0 Å². The Labute approximate surface area is 102 Å². The van der Waals surface area contributed by atoms with Crippen LogP contribution in [-0.4, -0.2) is 27.1 Å². The van der Waals surface area contributed by atoms with E-state index in [1.165, 1.54) is 16.9 Å². The van der Waals surface area contributed by atoms with Crippen LogP contribution in [0.3, 0.4) is 0 Å². The van der Waals surface area contributed by atoms with Gasteiger partial charge in [0, 0.05) is 11.4 Å². The fourth-order valence-electron chi connectivity index (χ4n) is 1.91. The Balaban J connectivity index is 2.03. The normalized spacial score (nSPS) is 17.9. The number of nitrogens with zero attached hydrogens (tertiary/aromatic N) is 1. The lowest BCUT2D eigenvalue weighted by Crippen LogP contribution is -2.38. The average molecular weight is 256 g/mol. The van der Waals surface area contributed by atoms with E-state index in [-0.39, 0.29) is 25.5 Å². The fraction of sp³-hybridized carbons (Fsp3) is 0.333. The summed E-state index contributed by atoms with van der Waals surface area (Å²) in [5, 5.41) is 0. The van der Waals surface area contributed by atoms with E-state index in [2.05, 4.69) is 0 Å². The number of hydrogen-bond donors (Lipinski definition) is 1.